The summed E-state index contributed by atoms with van der Waals surface area (Å²) in [6.45, 7) is 0. The molecule has 0 aliphatic rings. The van der Waals surface area contributed by atoms with Crippen LogP contribution in [0.4, 0.5) is 10.8 Å². The highest BCUT2D eigenvalue weighted by Crippen LogP contribution is 2.20. The number of amides is 1. The molecular formula is C14H12IN5O3S2. The first-order valence-electron chi connectivity index (χ1n) is 6.88. The first kappa shape index (κ1) is 17.8. The Kier molecular flexibility index (Phi) is 5.06. The Labute approximate surface area is 161 Å². The number of halogens is 1. The second kappa shape index (κ2) is 7.09. The van der Waals surface area contributed by atoms with Crippen LogP contribution in [0, 0.1) is 3.57 Å². The largest absolute Gasteiger partial charge is 0.321 e. The summed E-state index contributed by atoms with van der Waals surface area (Å²) in [5, 5.41) is 8.71. The van der Waals surface area contributed by atoms with Gasteiger partial charge in [0.25, 0.3) is 15.9 Å². The molecule has 2 N–H and O–H groups in total. The topological polar surface area (TPSA) is 106 Å². The van der Waals surface area contributed by atoms with Crippen LogP contribution in [0.2, 0.25) is 0 Å². The van der Waals surface area contributed by atoms with Gasteiger partial charge in [0, 0.05) is 24.3 Å². The zero-order valence-corrected chi connectivity index (χ0v) is 16.6. The van der Waals surface area contributed by atoms with Crippen molar-refractivity contribution in [2.75, 3.05) is 10.0 Å². The molecule has 25 heavy (non-hydrogen) atoms. The second-order valence-electron chi connectivity index (χ2n) is 4.89. The molecule has 11 heteroatoms. The number of benzene rings is 1. The monoisotopic (exact) mass is 489 g/mol. The number of carbonyl (C=O) groups is 1. The van der Waals surface area contributed by atoms with Gasteiger partial charge in [0.1, 0.15) is 5.69 Å². The average molecular weight is 489 g/mol. The van der Waals surface area contributed by atoms with Crippen molar-refractivity contribution in [2.45, 2.75) is 4.90 Å². The van der Waals surface area contributed by atoms with Crippen molar-refractivity contribution in [1.29, 1.82) is 0 Å². The molecule has 0 atom stereocenters. The van der Waals surface area contributed by atoms with Crippen LogP contribution >= 0.6 is 33.9 Å². The fourth-order valence-corrected chi connectivity index (χ4v) is 4.53. The number of nitrogens with one attached hydrogen (secondary N) is 2. The van der Waals surface area contributed by atoms with Gasteiger partial charge in [0.05, 0.1) is 14.7 Å². The van der Waals surface area contributed by atoms with Gasteiger partial charge in [-0.1, -0.05) is 0 Å². The summed E-state index contributed by atoms with van der Waals surface area (Å²) >= 11 is 3.22. The Morgan fingerprint density at radius 1 is 1.28 bits per heavy atom. The van der Waals surface area contributed by atoms with Crippen LogP contribution in [-0.4, -0.2) is 29.1 Å². The van der Waals surface area contributed by atoms with Gasteiger partial charge in [0.15, 0.2) is 5.13 Å². The number of nitrogens with zero attached hydrogens (tertiary/aromatic N) is 3. The summed E-state index contributed by atoms with van der Waals surface area (Å²) in [5.41, 5.74) is 0.915. The van der Waals surface area contributed by atoms with Crippen molar-refractivity contribution in [1.82, 2.24) is 14.8 Å². The number of sulfonamides is 1. The van der Waals surface area contributed by atoms with E-state index in [1.165, 1.54) is 46.5 Å². The van der Waals surface area contributed by atoms with E-state index in [0.29, 0.717) is 16.5 Å². The zero-order valence-electron chi connectivity index (χ0n) is 12.8. The summed E-state index contributed by atoms with van der Waals surface area (Å²) in [6, 6.07) is 5.88. The van der Waals surface area contributed by atoms with E-state index in [-0.39, 0.29) is 10.8 Å². The summed E-state index contributed by atoms with van der Waals surface area (Å²) in [7, 11) is -2.04. The maximum absolute atomic E-state index is 12.3. The first-order valence-corrected chi connectivity index (χ1v) is 10.3. The maximum Gasteiger partial charge on any atom is 0.275 e. The molecule has 3 aromatic rings. The Morgan fingerprint density at radius 3 is 2.56 bits per heavy atom. The smallest absolute Gasteiger partial charge is 0.275 e. The van der Waals surface area contributed by atoms with Gasteiger partial charge in [-0.15, -0.1) is 11.3 Å². The minimum atomic E-state index is -3.72. The number of aromatic nitrogens is 3. The van der Waals surface area contributed by atoms with Gasteiger partial charge in [0.2, 0.25) is 0 Å². The van der Waals surface area contributed by atoms with Crippen LogP contribution < -0.4 is 10.0 Å². The van der Waals surface area contributed by atoms with E-state index in [1.807, 2.05) is 22.6 Å². The molecule has 0 unspecified atom stereocenters. The lowest BCUT2D eigenvalue weighted by atomic mass is 10.3. The van der Waals surface area contributed by atoms with E-state index >= 15 is 0 Å². The molecule has 130 valence electrons. The van der Waals surface area contributed by atoms with Gasteiger partial charge in [-0.05, 0) is 46.9 Å². The van der Waals surface area contributed by atoms with E-state index in [2.05, 4.69) is 20.1 Å². The molecule has 0 fully saturated rings. The van der Waals surface area contributed by atoms with Gasteiger partial charge >= 0.3 is 0 Å². The predicted octanol–water partition coefficient (Wildman–Crippen LogP) is 2.53. The predicted molar refractivity (Wildman–Crippen MR) is 103 cm³/mol. The van der Waals surface area contributed by atoms with Crippen LogP contribution in [0.5, 0.6) is 0 Å². The number of rotatable bonds is 5. The number of thiazole rings is 1. The van der Waals surface area contributed by atoms with Crippen molar-refractivity contribution in [3.63, 3.8) is 0 Å². The highest BCUT2D eigenvalue weighted by atomic mass is 127. The fraction of sp³-hybridized carbons (Fsp3) is 0.0714. The van der Waals surface area contributed by atoms with E-state index < -0.39 is 10.0 Å². The average Bonchev–Trinajstić information content (AvgIpc) is 3.17. The van der Waals surface area contributed by atoms with Crippen molar-refractivity contribution >= 4 is 60.7 Å². The summed E-state index contributed by atoms with van der Waals surface area (Å²) in [6.07, 6.45) is 3.11. The number of hydrogen-bond acceptors (Lipinski definition) is 6. The maximum atomic E-state index is 12.3. The molecule has 2 heterocycles. The lowest BCUT2D eigenvalue weighted by Crippen LogP contribution is -2.17. The third-order valence-electron chi connectivity index (χ3n) is 3.19. The normalized spacial score (nSPS) is 11.3. The van der Waals surface area contributed by atoms with Gasteiger partial charge in [-0.3, -0.25) is 14.2 Å². The molecule has 0 saturated carbocycles. The summed E-state index contributed by atoms with van der Waals surface area (Å²) in [4.78, 5) is 16.3. The minimum Gasteiger partial charge on any atom is -0.321 e. The molecule has 2 aromatic heterocycles. The Hall–Kier alpha value is -1.99. The van der Waals surface area contributed by atoms with E-state index in [9.17, 15) is 13.2 Å². The number of hydrogen-bond donors (Lipinski definition) is 2. The van der Waals surface area contributed by atoms with Crippen molar-refractivity contribution < 1.29 is 13.2 Å². The van der Waals surface area contributed by atoms with Crippen LogP contribution in [0.15, 0.2) is 46.9 Å². The van der Waals surface area contributed by atoms with Crippen LogP contribution in [0.3, 0.4) is 0 Å². The van der Waals surface area contributed by atoms with Crippen LogP contribution in [0.1, 0.15) is 10.5 Å². The molecular weight excluding hydrogens is 477 g/mol. The molecule has 8 nitrogen and oxygen atoms in total. The van der Waals surface area contributed by atoms with E-state index in [4.69, 9.17) is 0 Å². The SMILES string of the molecule is Cn1ncc(I)c1C(=O)Nc1ccc(S(=O)(=O)Nc2nccs2)cc1. The number of carbonyl (C=O) groups excluding carboxylic acids is 1. The molecule has 0 spiro atoms. The van der Waals surface area contributed by atoms with Crippen molar-refractivity contribution in [3.05, 3.63) is 51.3 Å². The van der Waals surface area contributed by atoms with Gasteiger partial charge in [-0.25, -0.2) is 13.4 Å². The van der Waals surface area contributed by atoms with Crippen LogP contribution in [0.25, 0.3) is 0 Å². The zero-order chi connectivity index (χ0) is 18.0. The molecule has 0 aliphatic carbocycles. The Bertz CT molecular complexity index is 978. The Balaban J connectivity index is 1.75. The number of aryl methyl sites for hydroxylation is 1. The lowest BCUT2D eigenvalue weighted by Gasteiger charge is -2.08. The second-order valence-corrected chi connectivity index (χ2v) is 8.63. The molecule has 0 saturated heterocycles. The molecule has 0 bridgehead atoms. The molecule has 0 radical (unpaired) electrons. The van der Waals surface area contributed by atoms with Crippen molar-refractivity contribution in [2.24, 2.45) is 7.05 Å². The Morgan fingerprint density at radius 2 is 2.00 bits per heavy atom. The molecule has 1 amide bonds. The van der Waals surface area contributed by atoms with E-state index in [1.54, 1.807) is 18.6 Å². The first-order chi connectivity index (χ1) is 11.9. The van der Waals surface area contributed by atoms with Crippen LogP contribution in [-0.2, 0) is 17.1 Å². The molecule has 0 aliphatic heterocycles. The lowest BCUT2D eigenvalue weighted by molar-refractivity contribution is 0.101. The van der Waals surface area contributed by atoms with Gasteiger partial charge < -0.3 is 5.32 Å². The minimum absolute atomic E-state index is 0.0795. The molecule has 3 rings (SSSR count). The molecule has 1 aromatic carbocycles. The third kappa shape index (κ3) is 3.99. The summed E-state index contributed by atoms with van der Waals surface area (Å²) < 4.78 is 29.1. The van der Waals surface area contributed by atoms with Gasteiger partial charge in [-0.2, -0.15) is 5.10 Å². The van der Waals surface area contributed by atoms with Crippen molar-refractivity contribution in [3.8, 4) is 0 Å². The standard InChI is InChI=1S/C14H12IN5O3S2/c1-20-12(11(15)8-17-20)13(21)18-9-2-4-10(5-3-9)25(22,23)19-14-16-6-7-24-14/h2-8H,1H3,(H,16,19)(H,18,21). The third-order valence-corrected chi connectivity index (χ3v) is 6.15. The number of anilines is 2. The highest BCUT2D eigenvalue weighted by Gasteiger charge is 2.17. The fourth-order valence-electron chi connectivity index (χ4n) is 2.02. The summed E-state index contributed by atoms with van der Waals surface area (Å²) in [5.74, 6) is -0.319. The highest BCUT2D eigenvalue weighted by molar-refractivity contribution is 14.1. The van der Waals surface area contributed by atoms with E-state index in [0.717, 1.165) is 3.57 Å². The quantitative estimate of drug-likeness (QED) is 0.536.